The summed E-state index contributed by atoms with van der Waals surface area (Å²) in [5, 5.41) is 0. The third kappa shape index (κ3) is 2.01. The van der Waals surface area contributed by atoms with Gasteiger partial charge in [0.15, 0.2) is 6.61 Å². The van der Waals surface area contributed by atoms with Crippen molar-refractivity contribution in [3.63, 3.8) is 0 Å². The smallest absolute Gasteiger partial charge is 0.203 e. The molecule has 1 heterocycles. The lowest BCUT2D eigenvalue weighted by atomic mass is 10.1. The van der Waals surface area contributed by atoms with Crippen molar-refractivity contribution >= 4 is 5.78 Å². The molecule has 0 radical (unpaired) electrons. The zero-order valence-corrected chi connectivity index (χ0v) is 8.58. The second kappa shape index (κ2) is 3.77. The lowest BCUT2D eigenvalue weighted by Gasteiger charge is -2.06. The van der Waals surface area contributed by atoms with Crippen LogP contribution in [-0.2, 0) is 0 Å². The molecule has 1 aliphatic heterocycles. The number of benzene rings is 1. The van der Waals surface area contributed by atoms with Gasteiger partial charge >= 0.3 is 0 Å². The molecule has 1 aliphatic rings. The highest BCUT2D eigenvalue weighted by Crippen LogP contribution is 2.29. The van der Waals surface area contributed by atoms with E-state index in [1.54, 1.807) is 18.2 Å². The van der Waals surface area contributed by atoms with Crippen molar-refractivity contribution in [2.75, 3.05) is 13.2 Å². The van der Waals surface area contributed by atoms with Gasteiger partial charge in [-0.1, -0.05) is 6.58 Å². The molecule has 2 rings (SSSR count). The maximum atomic E-state index is 11.3. The Kier molecular flexibility index (Phi) is 2.46. The number of hydrogen-bond acceptors (Lipinski definition) is 3. The standard InChI is InChI=1S/C12H12O3/c1-8(2)6-14-9-3-4-10-11(13)7-15-12(10)5-9/h3-5H,1,6-7H2,2H3. The number of fused-ring (bicyclic) bond motifs is 1. The van der Waals surface area contributed by atoms with Crippen molar-refractivity contribution in [2.24, 2.45) is 0 Å². The monoisotopic (exact) mass is 204 g/mol. The molecule has 78 valence electrons. The first kappa shape index (κ1) is 9.77. The molecule has 0 aromatic heterocycles. The lowest BCUT2D eigenvalue weighted by molar-refractivity contribution is 0.0961. The van der Waals surface area contributed by atoms with Gasteiger partial charge in [0.2, 0.25) is 5.78 Å². The second-order valence-corrected chi connectivity index (χ2v) is 3.62. The van der Waals surface area contributed by atoms with Crippen LogP contribution in [0.2, 0.25) is 0 Å². The SMILES string of the molecule is C=C(C)COc1ccc2c(c1)OCC2=O. The average Bonchev–Trinajstić information content (AvgIpc) is 2.57. The molecule has 15 heavy (non-hydrogen) atoms. The minimum Gasteiger partial charge on any atom is -0.489 e. The van der Waals surface area contributed by atoms with Crippen LogP contribution in [0.25, 0.3) is 0 Å². The summed E-state index contributed by atoms with van der Waals surface area (Å²) in [6, 6.07) is 5.25. The molecule has 0 bridgehead atoms. The Morgan fingerprint density at radius 3 is 3.13 bits per heavy atom. The summed E-state index contributed by atoms with van der Waals surface area (Å²) in [7, 11) is 0. The summed E-state index contributed by atoms with van der Waals surface area (Å²) in [5.41, 5.74) is 1.59. The van der Waals surface area contributed by atoms with Crippen LogP contribution >= 0.6 is 0 Å². The van der Waals surface area contributed by atoms with E-state index in [0.29, 0.717) is 23.7 Å². The molecule has 0 amide bonds. The van der Waals surface area contributed by atoms with Crippen LogP contribution in [-0.4, -0.2) is 19.0 Å². The molecule has 0 spiro atoms. The summed E-state index contributed by atoms with van der Waals surface area (Å²) in [4.78, 5) is 11.3. The van der Waals surface area contributed by atoms with Crippen LogP contribution in [0.4, 0.5) is 0 Å². The summed E-state index contributed by atoms with van der Waals surface area (Å²) < 4.78 is 10.6. The fourth-order valence-electron chi connectivity index (χ4n) is 1.37. The third-order valence-corrected chi connectivity index (χ3v) is 2.10. The molecule has 3 heteroatoms. The average molecular weight is 204 g/mol. The Hall–Kier alpha value is -1.77. The normalized spacial score (nSPS) is 13.3. The molecule has 3 nitrogen and oxygen atoms in total. The molecule has 0 atom stereocenters. The van der Waals surface area contributed by atoms with E-state index in [9.17, 15) is 4.79 Å². The number of hydrogen-bond donors (Lipinski definition) is 0. The molecule has 0 saturated carbocycles. The van der Waals surface area contributed by atoms with Gasteiger partial charge in [0.25, 0.3) is 0 Å². The van der Waals surface area contributed by atoms with Crippen LogP contribution in [0.15, 0.2) is 30.4 Å². The molecule has 0 aliphatic carbocycles. The van der Waals surface area contributed by atoms with Crippen molar-refractivity contribution in [1.82, 2.24) is 0 Å². The fraction of sp³-hybridized carbons (Fsp3) is 0.250. The number of carbonyl (C=O) groups is 1. The molecule has 0 unspecified atom stereocenters. The molecular formula is C12H12O3. The van der Waals surface area contributed by atoms with Gasteiger partial charge in [-0.3, -0.25) is 4.79 Å². The van der Waals surface area contributed by atoms with E-state index >= 15 is 0 Å². The van der Waals surface area contributed by atoms with E-state index in [2.05, 4.69) is 6.58 Å². The Labute approximate surface area is 88.3 Å². The maximum Gasteiger partial charge on any atom is 0.203 e. The largest absolute Gasteiger partial charge is 0.489 e. The van der Waals surface area contributed by atoms with Gasteiger partial charge in [0.1, 0.15) is 18.1 Å². The van der Waals surface area contributed by atoms with E-state index in [1.165, 1.54) is 0 Å². The van der Waals surface area contributed by atoms with E-state index in [4.69, 9.17) is 9.47 Å². The van der Waals surface area contributed by atoms with E-state index in [0.717, 1.165) is 5.57 Å². The van der Waals surface area contributed by atoms with E-state index < -0.39 is 0 Å². The highest BCUT2D eigenvalue weighted by molar-refractivity contribution is 6.02. The Balaban J connectivity index is 2.16. The fourth-order valence-corrected chi connectivity index (χ4v) is 1.37. The first-order valence-electron chi connectivity index (χ1n) is 4.74. The molecule has 1 aromatic carbocycles. The summed E-state index contributed by atoms with van der Waals surface area (Å²) in [6.07, 6.45) is 0. The maximum absolute atomic E-state index is 11.3. The highest BCUT2D eigenvalue weighted by Gasteiger charge is 2.21. The number of carbonyl (C=O) groups excluding carboxylic acids is 1. The van der Waals surface area contributed by atoms with Crippen LogP contribution in [0, 0.1) is 0 Å². The first-order valence-corrected chi connectivity index (χ1v) is 4.74. The molecule has 1 aromatic rings. The van der Waals surface area contributed by atoms with Crippen LogP contribution in [0.3, 0.4) is 0 Å². The molecular weight excluding hydrogens is 192 g/mol. The van der Waals surface area contributed by atoms with Gasteiger partial charge < -0.3 is 9.47 Å². The van der Waals surface area contributed by atoms with Crippen LogP contribution in [0.5, 0.6) is 11.5 Å². The Morgan fingerprint density at radius 1 is 1.60 bits per heavy atom. The topological polar surface area (TPSA) is 35.5 Å². The minimum atomic E-state index is 0.0245. The van der Waals surface area contributed by atoms with Crippen molar-refractivity contribution in [2.45, 2.75) is 6.92 Å². The number of Topliss-reactive ketones (excluding diaryl/α,β-unsaturated/α-hetero) is 1. The van der Waals surface area contributed by atoms with Gasteiger partial charge in [0, 0.05) is 6.07 Å². The van der Waals surface area contributed by atoms with Crippen molar-refractivity contribution in [3.8, 4) is 11.5 Å². The number of rotatable bonds is 3. The van der Waals surface area contributed by atoms with Gasteiger partial charge in [0.05, 0.1) is 5.56 Å². The lowest BCUT2D eigenvalue weighted by Crippen LogP contribution is -1.98. The second-order valence-electron chi connectivity index (χ2n) is 3.62. The zero-order valence-electron chi connectivity index (χ0n) is 8.58. The van der Waals surface area contributed by atoms with Gasteiger partial charge in [-0.05, 0) is 24.6 Å². The summed E-state index contributed by atoms with van der Waals surface area (Å²) >= 11 is 0. The first-order chi connectivity index (χ1) is 7.16. The van der Waals surface area contributed by atoms with Gasteiger partial charge in [-0.2, -0.15) is 0 Å². The van der Waals surface area contributed by atoms with Gasteiger partial charge in [-0.15, -0.1) is 0 Å². The summed E-state index contributed by atoms with van der Waals surface area (Å²) in [6.45, 7) is 6.26. The number of ketones is 1. The van der Waals surface area contributed by atoms with Crippen molar-refractivity contribution in [3.05, 3.63) is 35.9 Å². The third-order valence-electron chi connectivity index (χ3n) is 2.10. The predicted octanol–water partition coefficient (Wildman–Crippen LogP) is 2.22. The Bertz CT molecular complexity index is 421. The highest BCUT2D eigenvalue weighted by atomic mass is 16.5. The van der Waals surface area contributed by atoms with Crippen LogP contribution < -0.4 is 9.47 Å². The van der Waals surface area contributed by atoms with E-state index in [-0.39, 0.29) is 12.4 Å². The van der Waals surface area contributed by atoms with Crippen LogP contribution in [0.1, 0.15) is 17.3 Å². The minimum absolute atomic E-state index is 0.0245. The predicted molar refractivity (Wildman–Crippen MR) is 56.6 cm³/mol. The summed E-state index contributed by atoms with van der Waals surface area (Å²) in [5.74, 6) is 1.34. The quantitative estimate of drug-likeness (QED) is 0.708. The number of ether oxygens (including phenoxy) is 2. The van der Waals surface area contributed by atoms with Crippen molar-refractivity contribution < 1.29 is 14.3 Å². The van der Waals surface area contributed by atoms with Crippen molar-refractivity contribution in [1.29, 1.82) is 0 Å². The Morgan fingerprint density at radius 2 is 2.40 bits per heavy atom. The molecule has 0 saturated heterocycles. The molecule has 0 N–H and O–H groups in total. The van der Waals surface area contributed by atoms with E-state index in [1.807, 2.05) is 6.92 Å². The molecule has 0 fully saturated rings. The van der Waals surface area contributed by atoms with Gasteiger partial charge in [-0.25, -0.2) is 0 Å². The zero-order chi connectivity index (χ0) is 10.8.